The van der Waals surface area contributed by atoms with E-state index in [0.29, 0.717) is 15.6 Å². The zero-order valence-electron chi connectivity index (χ0n) is 12.7. The molecular weight excluding hydrogens is 348 g/mol. The Labute approximate surface area is 148 Å². The smallest absolute Gasteiger partial charge is 0.352 e. The Balaban J connectivity index is 1.73. The van der Waals surface area contributed by atoms with Crippen molar-refractivity contribution >= 4 is 29.1 Å². The lowest BCUT2D eigenvalue weighted by atomic mass is 10.1. The number of hydrogen-bond donors (Lipinski definition) is 0. The average molecular weight is 361 g/mol. The number of ether oxygens (including phenoxy) is 2. The first kappa shape index (κ1) is 16.4. The molecule has 0 saturated carbocycles. The zero-order valence-corrected chi connectivity index (χ0v) is 14.3. The molecule has 0 aliphatic rings. The van der Waals surface area contributed by atoms with Gasteiger partial charge in [0.15, 0.2) is 4.88 Å². The second-order valence-corrected chi connectivity index (χ2v) is 6.07. The van der Waals surface area contributed by atoms with Crippen molar-refractivity contribution in [2.75, 3.05) is 7.11 Å². The molecule has 0 saturated heterocycles. The van der Waals surface area contributed by atoms with Gasteiger partial charge < -0.3 is 9.47 Å². The minimum Gasteiger partial charge on any atom is -0.497 e. The second kappa shape index (κ2) is 7.42. The number of carbonyl (C=O) groups is 1. The van der Waals surface area contributed by atoms with E-state index in [9.17, 15) is 4.79 Å². The summed E-state index contributed by atoms with van der Waals surface area (Å²) in [6.07, 6.45) is 0. The molecule has 0 radical (unpaired) electrons. The molecule has 0 amide bonds. The van der Waals surface area contributed by atoms with Crippen LogP contribution in [-0.2, 0) is 11.3 Å². The summed E-state index contributed by atoms with van der Waals surface area (Å²) in [6.45, 7) is 0.163. The Morgan fingerprint density at radius 2 is 1.83 bits per heavy atom. The summed E-state index contributed by atoms with van der Waals surface area (Å²) < 4.78 is 14.3. The standard InChI is InChI=1S/C17H13ClN2O3S/c1-22-14-8-4-12(5-9-14)15-16(24-20-19-15)17(21)23-10-11-2-6-13(18)7-3-11/h2-9H,10H2,1H3. The van der Waals surface area contributed by atoms with Gasteiger partial charge in [0.1, 0.15) is 18.1 Å². The van der Waals surface area contributed by atoms with Crippen LogP contribution in [0.4, 0.5) is 0 Å². The number of halogens is 1. The minimum absolute atomic E-state index is 0.163. The van der Waals surface area contributed by atoms with E-state index in [4.69, 9.17) is 21.1 Å². The molecule has 0 aliphatic heterocycles. The molecule has 122 valence electrons. The number of carbonyl (C=O) groups excluding carboxylic acids is 1. The molecule has 1 aromatic heterocycles. The lowest BCUT2D eigenvalue weighted by Gasteiger charge is -2.05. The maximum absolute atomic E-state index is 12.3. The fraction of sp³-hybridized carbons (Fsp3) is 0.118. The number of benzene rings is 2. The predicted molar refractivity (Wildman–Crippen MR) is 92.5 cm³/mol. The summed E-state index contributed by atoms with van der Waals surface area (Å²) in [7, 11) is 1.60. The van der Waals surface area contributed by atoms with Crippen molar-refractivity contribution in [3.05, 3.63) is 64.0 Å². The third-order valence-electron chi connectivity index (χ3n) is 3.32. The fourth-order valence-corrected chi connectivity index (χ4v) is 2.77. The highest BCUT2D eigenvalue weighted by atomic mass is 35.5. The zero-order chi connectivity index (χ0) is 16.9. The van der Waals surface area contributed by atoms with Crippen molar-refractivity contribution in [3.63, 3.8) is 0 Å². The van der Waals surface area contributed by atoms with Gasteiger partial charge in [0.05, 0.1) is 7.11 Å². The van der Waals surface area contributed by atoms with E-state index >= 15 is 0 Å². The minimum atomic E-state index is -0.453. The van der Waals surface area contributed by atoms with Crippen LogP contribution in [0.3, 0.4) is 0 Å². The third kappa shape index (κ3) is 3.72. The number of methoxy groups -OCH3 is 1. The Morgan fingerprint density at radius 1 is 1.12 bits per heavy atom. The molecular formula is C17H13ClN2O3S. The van der Waals surface area contributed by atoms with Crippen LogP contribution < -0.4 is 4.74 Å². The predicted octanol–water partition coefficient (Wildman–Crippen LogP) is 4.22. The van der Waals surface area contributed by atoms with E-state index in [2.05, 4.69) is 9.59 Å². The van der Waals surface area contributed by atoms with Crippen molar-refractivity contribution in [3.8, 4) is 17.0 Å². The molecule has 24 heavy (non-hydrogen) atoms. The first-order chi connectivity index (χ1) is 11.7. The van der Waals surface area contributed by atoms with E-state index in [0.717, 1.165) is 28.4 Å². The van der Waals surface area contributed by atoms with E-state index in [1.54, 1.807) is 31.4 Å². The summed E-state index contributed by atoms with van der Waals surface area (Å²) in [5.41, 5.74) is 2.14. The largest absolute Gasteiger partial charge is 0.497 e. The first-order valence-electron chi connectivity index (χ1n) is 7.05. The van der Waals surface area contributed by atoms with Crippen LogP contribution in [0.1, 0.15) is 15.2 Å². The molecule has 2 aromatic carbocycles. The van der Waals surface area contributed by atoms with E-state index in [1.807, 2.05) is 24.3 Å². The summed E-state index contributed by atoms with van der Waals surface area (Å²) in [5, 5.41) is 4.68. The van der Waals surface area contributed by atoms with Crippen LogP contribution in [0, 0.1) is 0 Å². The quantitative estimate of drug-likeness (QED) is 0.637. The Bertz CT molecular complexity index is 832. The van der Waals surface area contributed by atoms with Crippen molar-refractivity contribution in [1.82, 2.24) is 9.59 Å². The number of hydrogen-bond acceptors (Lipinski definition) is 6. The normalized spacial score (nSPS) is 10.4. The lowest BCUT2D eigenvalue weighted by molar-refractivity contribution is 0.0479. The Hall–Kier alpha value is -2.44. The molecule has 5 nitrogen and oxygen atoms in total. The molecule has 3 rings (SSSR count). The molecule has 3 aromatic rings. The van der Waals surface area contributed by atoms with Gasteiger partial charge in [-0.2, -0.15) is 0 Å². The number of aromatic nitrogens is 2. The first-order valence-corrected chi connectivity index (χ1v) is 8.21. The molecule has 0 fully saturated rings. The maximum atomic E-state index is 12.3. The highest BCUT2D eigenvalue weighted by Crippen LogP contribution is 2.26. The van der Waals surface area contributed by atoms with Crippen LogP contribution in [0.25, 0.3) is 11.3 Å². The topological polar surface area (TPSA) is 61.3 Å². The summed E-state index contributed by atoms with van der Waals surface area (Å²) >= 11 is 6.85. The van der Waals surface area contributed by atoms with Gasteiger partial charge in [0.25, 0.3) is 0 Å². The number of nitrogens with zero attached hydrogens (tertiary/aromatic N) is 2. The maximum Gasteiger partial charge on any atom is 0.352 e. The van der Waals surface area contributed by atoms with Crippen LogP contribution in [0.2, 0.25) is 5.02 Å². The molecule has 0 atom stereocenters. The molecule has 7 heteroatoms. The van der Waals surface area contributed by atoms with Crippen LogP contribution in [0.5, 0.6) is 5.75 Å². The average Bonchev–Trinajstić information content (AvgIpc) is 3.11. The molecule has 1 heterocycles. The van der Waals surface area contributed by atoms with Gasteiger partial charge in [0, 0.05) is 10.6 Å². The van der Waals surface area contributed by atoms with Gasteiger partial charge in [-0.15, -0.1) is 5.10 Å². The molecule has 0 unspecified atom stereocenters. The van der Waals surface area contributed by atoms with E-state index in [-0.39, 0.29) is 6.61 Å². The van der Waals surface area contributed by atoms with Crippen molar-refractivity contribution in [2.45, 2.75) is 6.61 Å². The number of esters is 1. The highest BCUT2D eigenvalue weighted by molar-refractivity contribution is 7.08. The van der Waals surface area contributed by atoms with Gasteiger partial charge in [-0.05, 0) is 53.5 Å². The monoisotopic (exact) mass is 360 g/mol. The van der Waals surface area contributed by atoms with Gasteiger partial charge >= 0.3 is 5.97 Å². The Morgan fingerprint density at radius 3 is 2.50 bits per heavy atom. The lowest BCUT2D eigenvalue weighted by Crippen LogP contribution is -2.05. The number of rotatable bonds is 5. The van der Waals surface area contributed by atoms with E-state index < -0.39 is 5.97 Å². The van der Waals surface area contributed by atoms with Gasteiger partial charge in [-0.3, -0.25) is 0 Å². The van der Waals surface area contributed by atoms with E-state index in [1.165, 1.54) is 0 Å². The van der Waals surface area contributed by atoms with Crippen LogP contribution in [0.15, 0.2) is 48.5 Å². The second-order valence-electron chi connectivity index (χ2n) is 4.88. The molecule has 0 N–H and O–H groups in total. The van der Waals surface area contributed by atoms with Gasteiger partial charge in [-0.25, -0.2) is 4.79 Å². The SMILES string of the molecule is COc1ccc(-c2nnsc2C(=O)OCc2ccc(Cl)cc2)cc1. The fourth-order valence-electron chi connectivity index (χ4n) is 2.06. The van der Waals surface area contributed by atoms with Crippen LogP contribution >= 0.6 is 23.1 Å². The summed E-state index contributed by atoms with van der Waals surface area (Å²) in [4.78, 5) is 12.7. The third-order valence-corrected chi connectivity index (χ3v) is 4.28. The van der Waals surface area contributed by atoms with Gasteiger partial charge in [-0.1, -0.05) is 28.2 Å². The summed E-state index contributed by atoms with van der Waals surface area (Å²) in [5.74, 6) is 0.277. The molecule has 0 bridgehead atoms. The summed E-state index contributed by atoms with van der Waals surface area (Å²) in [6, 6.07) is 14.4. The van der Waals surface area contributed by atoms with Gasteiger partial charge in [0.2, 0.25) is 0 Å². The van der Waals surface area contributed by atoms with Crippen molar-refractivity contribution in [1.29, 1.82) is 0 Å². The van der Waals surface area contributed by atoms with Crippen molar-refractivity contribution in [2.24, 2.45) is 0 Å². The molecule has 0 spiro atoms. The highest BCUT2D eigenvalue weighted by Gasteiger charge is 2.19. The Kier molecular flexibility index (Phi) is 5.08. The van der Waals surface area contributed by atoms with Crippen LogP contribution in [-0.4, -0.2) is 22.7 Å². The molecule has 0 aliphatic carbocycles. The van der Waals surface area contributed by atoms with Crippen molar-refractivity contribution < 1.29 is 14.3 Å².